The first kappa shape index (κ1) is 25.5. The molecule has 0 spiro atoms. The molecule has 0 saturated heterocycles. The lowest BCUT2D eigenvalue weighted by atomic mass is 9.72. The topological polar surface area (TPSA) is 38.3 Å². The molecule has 1 N–H and O–H groups in total. The Morgan fingerprint density at radius 1 is 1.28 bits per heavy atom. The Hall–Kier alpha value is -1.52. The van der Waals surface area contributed by atoms with E-state index in [2.05, 4.69) is 89.0 Å². The molecule has 0 aromatic rings. The minimum Gasteiger partial charge on any atom is -0.468 e. The molecular weight excluding hydrogens is 378 g/mol. The Kier molecular flexibility index (Phi) is 11.4. The van der Waals surface area contributed by atoms with Crippen molar-refractivity contribution in [2.45, 2.75) is 66.3 Å². The second-order valence-electron chi connectivity index (χ2n) is 8.48. The van der Waals surface area contributed by atoms with Crippen LogP contribution in [0.1, 0.15) is 60.3 Å². The highest BCUT2D eigenvalue weighted by atomic mass is 32.1. The van der Waals surface area contributed by atoms with Gasteiger partial charge in [-0.1, -0.05) is 67.0 Å². The Bertz CT molecular complexity index is 696. The molecule has 0 aromatic heterocycles. The molecule has 0 aliphatic heterocycles. The predicted molar refractivity (Wildman–Crippen MR) is 128 cm³/mol. The fourth-order valence-corrected chi connectivity index (χ4v) is 3.90. The standard InChI is InChI=1S/C25H39NO2S/c1-19(12-13-22-21(3)11-8-16-25(22,4)5)9-7-10-20(2)14-17-26-23(15-18-29)24(27)28-6/h7,9-10,12-14,23,26,29H,8,11,15-18H2,1-6H3/b10-7+,13-12+,19-9+,20-14+/t23-/m0/s1. The average molecular weight is 418 g/mol. The number of esters is 1. The minimum absolute atomic E-state index is 0.238. The van der Waals surface area contributed by atoms with Crippen LogP contribution in [0.15, 0.2) is 58.7 Å². The maximum Gasteiger partial charge on any atom is 0.322 e. The Balaban J connectivity index is 2.62. The summed E-state index contributed by atoms with van der Waals surface area (Å²) in [6.07, 6.45) is 17.3. The smallest absolute Gasteiger partial charge is 0.322 e. The summed E-state index contributed by atoms with van der Waals surface area (Å²) in [4.78, 5) is 11.7. The number of allylic oxidation sites excluding steroid dienone is 9. The van der Waals surface area contributed by atoms with Gasteiger partial charge in [0.2, 0.25) is 0 Å². The molecule has 0 fully saturated rings. The van der Waals surface area contributed by atoms with Crippen molar-refractivity contribution in [2.24, 2.45) is 5.41 Å². The van der Waals surface area contributed by atoms with Gasteiger partial charge in [0.1, 0.15) is 6.04 Å². The molecule has 0 aromatic carbocycles. The van der Waals surface area contributed by atoms with E-state index in [-0.39, 0.29) is 17.4 Å². The maximum absolute atomic E-state index is 11.7. The fraction of sp³-hybridized carbons (Fsp3) is 0.560. The Morgan fingerprint density at radius 2 is 2.00 bits per heavy atom. The maximum atomic E-state index is 11.7. The zero-order chi connectivity index (χ0) is 21.9. The van der Waals surface area contributed by atoms with Crippen LogP contribution in [0, 0.1) is 5.41 Å². The van der Waals surface area contributed by atoms with Crippen LogP contribution >= 0.6 is 12.6 Å². The van der Waals surface area contributed by atoms with Gasteiger partial charge in [-0.05, 0) is 63.2 Å². The second-order valence-corrected chi connectivity index (χ2v) is 8.93. The quantitative estimate of drug-likeness (QED) is 0.261. The summed E-state index contributed by atoms with van der Waals surface area (Å²) in [5, 5.41) is 3.20. The number of carbonyl (C=O) groups is 1. The van der Waals surface area contributed by atoms with Crippen LogP contribution in [0.2, 0.25) is 0 Å². The van der Waals surface area contributed by atoms with E-state index >= 15 is 0 Å². The summed E-state index contributed by atoms with van der Waals surface area (Å²) in [6, 6.07) is -0.306. The fourth-order valence-electron chi connectivity index (χ4n) is 3.64. The second kappa shape index (κ2) is 12.9. The highest BCUT2D eigenvalue weighted by molar-refractivity contribution is 7.80. The van der Waals surface area contributed by atoms with E-state index in [1.54, 1.807) is 0 Å². The molecule has 3 nitrogen and oxygen atoms in total. The lowest BCUT2D eigenvalue weighted by Gasteiger charge is -2.32. The monoisotopic (exact) mass is 417 g/mol. The highest BCUT2D eigenvalue weighted by Gasteiger charge is 2.26. The predicted octanol–water partition coefficient (Wildman–Crippen LogP) is 5.97. The average Bonchev–Trinajstić information content (AvgIpc) is 2.65. The van der Waals surface area contributed by atoms with Crippen LogP contribution in [0.3, 0.4) is 0 Å². The van der Waals surface area contributed by atoms with Gasteiger partial charge in [-0.2, -0.15) is 12.6 Å². The third-order valence-corrected chi connectivity index (χ3v) is 5.72. The van der Waals surface area contributed by atoms with Crippen LogP contribution in [0.4, 0.5) is 0 Å². The molecule has 1 aliphatic carbocycles. The van der Waals surface area contributed by atoms with Crippen molar-refractivity contribution in [1.29, 1.82) is 0 Å². The number of thiol groups is 1. The van der Waals surface area contributed by atoms with Gasteiger partial charge < -0.3 is 10.1 Å². The Morgan fingerprint density at radius 3 is 2.62 bits per heavy atom. The molecule has 0 unspecified atom stereocenters. The van der Waals surface area contributed by atoms with Crippen LogP contribution in [0.25, 0.3) is 0 Å². The Labute approximate surface area is 183 Å². The van der Waals surface area contributed by atoms with E-state index in [9.17, 15) is 4.79 Å². The van der Waals surface area contributed by atoms with Gasteiger partial charge in [0.05, 0.1) is 7.11 Å². The van der Waals surface area contributed by atoms with Crippen molar-refractivity contribution >= 4 is 18.6 Å². The molecule has 162 valence electrons. The first-order chi connectivity index (χ1) is 13.7. The normalized spacial score (nSPS) is 19.3. The van der Waals surface area contributed by atoms with Crippen LogP contribution < -0.4 is 5.32 Å². The van der Waals surface area contributed by atoms with Crippen molar-refractivity contribution in [3.8, 4) is 0 Å². The first-order valence-electron chi connectivity index (χ1n) is 10.5. The van der Waals surface area contributed by atoms with Crippen LogP contribution in [-0.4, -0.2) is 31.4 Å². The number of nitrogens with one attached hydrogen (secondary N) is 1. The van der Waals surface area contributed by atoms with Crippen molar-refractivity contribution in [2.75, 3.05) is 19.4 Å². The first-order valence-corrected chi connectivity index (χ1v) is 11.2. The summed E-state index contributed by atoms with van der Waals surface area (Å²) >= 11 is 4.20. The molecule has 0 amide bonds. The van der Waals surface area contributed by atoms with Crippen LogP contribution in [-0.2, 0) is 9.53 Å². The summed E-state index contributed by atoms with van der Waals surface area (Å²) in [5.41, 5.74) is 5.66. The molecule has 0 bridgehead atoms. The van der Waals surface area contributed by atoms with E-state index < -0.39 is 0 Å². The number of rotatable bonds is 10. The number of carbonyl (C=O) groups excluding carboxylic acids is 1. The SMILES string of the molecule is COC(=O)[C@H](CCS)NC/C=C(C)/C=C/C=C(C)/C=C/C1=C(C)CCCC1(C)C. The van der Waals surface area contributed by atoms with E-state index in [4.69, 9.17) is 4.74 Å². The summed E-state index contributed by atoms with van der Waals surface area (Å²) in [5.74, 6) is 0.401. The van der Waals surface area contributed by atoms with Crippen molar-refractivity contribution in [3.05, 3.63) is 58.7 Å². The van der Waals surface area contributed by atoms with Gasteiger partial charge in [0.15, 0.2) is 0 Å². The number of ether oxygens (including phenoxy) is 1. The lowest BCUT2D eigenvalue weighted by Crippen LogP contribution is -2.38. The highest BCUT2D eigenvalue weighted by Crippen LogP contribution is 2.40. The molecule has 29 heavy (non-hydrogen) atoms. The molecule has 0 radical (unpaired) electrons. The third-order valence-electron chi connectivity index (χ3n) is 5.47. The van der Waals surface area contributed by atoms with Gasteiger partial charge in [-0.3, -0.25) is 4.79 Å². The van der Waals surface area contributed by atoms with Crippen molar-refractivity contribution in [1.82, 2.24) is 5.32 Å². The molecule has 4 heteroatoms. The summed E-state index contributed by atoms with van der Waals surface area (Å²) < 4.78 is 4.81. The van der Waals surface area contributed by atoms with Gasteiger partial charge in [-0.15, -0.1) is 0 Å². The number of methoxy groups -OCH3 is 1. The van der Waals surface area contributed by atoms with Crippen LogP contribution in [0.5, 0.6) is 0 Å². The van der Waals surface area contributed by atoms with E-state index in [1.165, 1.54) is 43.1 Å². The van der Waals surface area contributed by atoms with Gasteiger partial charge >= 0.3 is 5.97 Å². The molecular formula is C25H39NO2S. The number of hydrogen-bond acceptors (Lipinski definition) is 4. The summed E-state index contributed by atoms with van der Waals surface area (Å²) in [7, 11) is 1.41. The van der Waals surface area contributed by atoms with Crippen molar-refractivity contribution in [3.63, 3.8) is 0 Å². The van der Waals surface area contributed by atoms with Gasteiger partial charge in [0.25, 0.3) is 0 Å². The molecule has 1 atom stereocenters. The molecule has 1 aliphatic rings. The largest absolute Gasteiger partial charge is 0.468 e. The van der Waals surface area contributed by atoms with Gasteiger partial charge in [-0.25, -0.2) is 0 Å². The molecule has 1 rings (SSSR count). The van der Waals surface area contributed by atoms with E-state index in [0.717, 1.165) is 5.57 Å². The third kappa shape index (κ3) is 9.22. The van der Waals surface area contributed by atoms with E-state index in [1.807, 2.05) is 0 Å². The van der Waals surface area contributed by atoms with Gasteiger partial charge in [0, 0.05) is 6.54 Å². The molecule has 0 saturated carbocycles. The lowest BCUT2D eigenvalue weighted by molar-refractivity contribution is -0.143. The summed E-state index contributed by atoms with van der Waals surface area (Å²) in [6.45, 7) is 11.8. The zero-order valence-electron chi connectivity index (χ0n) is 19.0. The van der Waals surface area contributed by atoms with E-state index in [0.29, 0.717) is 18.7 Å². The van der Waals surface area contributed by atoms with Crippen molar-refractivity contribution < 1.29 is 9.53 Å². The zero-order valence-corrected chi connectivity index (χ0v) is 19.9. The molecule has 0 heterocycles. The number of hydrogen-bond donors (Lipinski definition) is 2. The minimum atomic E-state index is -0.306.